The van der Waals surface area contributed by atoms with Crippen molar-refractivity contribution in [3.63, 3.8) is 0 Å². The quantitative estimate of drug-likeness (QED) is 0.737. The molecule has 2 heterocycles. The normalized spacial score (nSPS) is 11.6. The van der Waals surface area contributed by atoms with Crippen molar-refractivity contribution in [3.05, 3.63) is 51.4 Å². The lowest BCUT2D eigenvalue weighted by atomic mass is 9.98. The lowest BCUT2D eigenvalue weighted by molar-refractivity contribution is 0.392. The first-order valence-corrected chi connectivity index (χ1v) is 9.01. The third kappa shape index (κ3) is 3.15. The van der Waals surface area contributed by atoms with Gasteiger partial charge < -0.3 is 19.6 Å². The molecule has 3 aromatic rings. The number of nitrogens with zero attached hydrogens (tertiary/aromatic N) is 2. The summed E-state index contributed by atoms with van der Waals surface area (Å²) in [5.74, 6) is 0.118. The summed E-state index contributed by atoms with van der Waals surface area (Å²) in [6, 6.07) is 8.37. The predicted molar refractivity (Wildman–Crippen MR) is 107 cm³/mol. The number of hydrogen-bond acceptors (Lipinski definition) is 3. The van der Waals surface area contributed by atoms with E-state index in [2.05, 4.69) is 60.7 Å². The van der Waals surface area contributed by atoms with E-state index in [1.54, 1.807) is 6.92 Å². The van der Waals surface area contributed by atoms with Gasteiger partial charge in [0.15, 0.2) is 0 Å². The second kappa shape index (κ2) is 7.00. The van der Waals surface area contributed by atoms with Crippen LogP contribution < -0.4 is 5.56 Å². The molecule has 0 atom stereocenters. The van der Waals surface area contributed by atoms with Gasteiger partial charge in [-0.3, -0.25) is 4.79 Å². The van der Waals surface area contributed by atoms with Gasteiger partial charge in [0.25, 0.3) is 5.56 Å². The Morgan fingerprint density at radius 2 is 1.96 bits per heavy atom. The van der Waals surface area contributed by atoms with Crippen molar-refractivity contribution in [2.45, 2.75) is 33.2 Å². The molecular weight excluding hydrogens is 326 g/mol. The molecule has 26 heavy (non-hydrogen) atoms. The van der Waals surface area contributed by atoms with Crippen LogP contribution in [0.2, 0.25) is 0 Å². The molecule has 3 rings (SSSR count). The van der Waals surface area contributed by atoms with Gasteiger partial charge in [-0.1, -0.05) is 19.4 Å². The van der Waals surface area contributed by atoms with Crippen LogP contribution in [0.4, 0.5) is 0 Å². The van der Waals surface area contributed by atoms with Crippen molar-refractivity contribution in [2.75, 3.05) is 14.1 Å². The van der Waals surface area contributed by atoms with Gasteiger partial charge in [0.2, 0.25) is 0 Å². The van der Waals surface area contributed by atoms with Crippen LogP contribution in [0.5, 0.6) is 5.75 Å². The Balaban J connectivity index is 2.18. The van der Waals surface area contributed by atoms with Gasteiger partial charge in [-0.2, -0.15) is 0 Å². The van der Waals surface area contributed by atoms with Crippen molar-refractivity contribution in [2.24, 2.45) is 7.05 Å². The van der Waals surface area contributed by atoms with E-state index in [1.165, 1.54) is 5.69 Å². The number of aromatic amines is 1. The lowest BCUT2D eigenvalue weighted by Crippen LogP contribution is -2.13. The summed E-state index contributed by atoms with van der Waals surface area (Å²) in [4.78, 5) is 17.3. The number of hydrogen-bond donors (Lipinski definition) is 2. The predicted octanol–water partition coefficient (Wildman–Crippen LogP) is 3.56. The first-order chi connectivity index (χ1) is 12.3. The Hall–Kier alpha value is -2.53. The zero-order valence-corrected chi connectivity index (χ0v) is 16.2. The fourth-order valence-corrected chi connectivity index (χ4v) is 3.51. The third-order valence-corrected chi connectivity index (χ3v) is 4.93. The first-order valence-electron chi connectivity index (χ1n) is 9.01. The summed E-state index contributed by atoms with van der Waals surface area (Å²) in [5.41, 5.74) is 4.99. The summed E-state index contributed by atoms with van der Waals surface area (Å²) in [6.45, 7) is 4.59. The summed E-state index contributed by atoms with van der Waals surface area (Å²) < 4.78 is 2.20. The Bertz CT molecular complexity index is 1010. The molecule has 1 aromatic carbocycles. The smallest absolute Gasteiger partial charge is 0.255 e. The summed E-state index contributed by atoms with van der Waals surface area (Å²) in [5, 5.41) is 11.6. The molecular formula is C21H27N3O2. The highest BCUT2D eigenvalue weighted by Crippen LogP contribution is 2.32. The molecule has 2 aromatic heterocycles. The van der Waals surface area contributed by atoms with Gasteiger partial charge in [-0.05, 0) is 51.2 Å². The SMILES string of the molecule is CCCc1c(-c2ccc3c(c2)cc(CN(C)C)n3C)[nH]c(=O)c(C)c1O. The second-order valence-electron chi connectivity index (χ2n) is 7.24. The van der Waals surface area contributed by atoms with Gasteiger partial charge in [0.1, 0.15) is 5.75 Å². The Morgan fingerprint density at radius 3 is 2.62 bits per heavy atom. The zero-order valence-electron chi connectivity index (χ0n) is 16.2. The molecule has 0 aliphatic carbocycles. The van der Waals surface area contributed by atoms with Gasteiger partial charge >= 0.3 is 0 Å². The van der Waals surface area contributed by atoms with Crippen LogP contribution in [0, 0.1) is 6.92 Å². The second-order valence-corrected chi connectivity index (χ2v) is 7.24. The summed E-state index contributed by atoms with van der Waals surface area (Å²) >= 11 is 0. The van der Waals surface area contributed by atoms with Crippen LogP contribution >= 0.6 is 0 Å². The van der Waals surface area contributed by atoms with Crippen LogP contribution in [-0.2, 0) is 20.0 Å². The van der Waals surface area contributed by atoms with Gasteiger partial charge in [-0.25, -0.2) is 0 Å². The van der Waals surface area contributed by atoms with Gasteiger partial charge in [0, 0.05) is 35.8 Å². The maximum Gasteiger partial charge on any atom is 0.255 e. The van der Waals surface area contributed by atoms with E-state index < -0.39 is 0 Å². The maximum absolute atomic E-state index is 12.2. The monoisotopic (exact) mass is 353 g/mol. The fraction of sp³-hybridized carbons (Fsp3) is 0.381. The third-order valence-electron chi connectivity index (χ3n) is 4.93. The number of fused-ring (bicyclic) bond motifs is 1. The molecule has 2 N–H and O–H groups in total. The van der Waals surface area contributed by atoms with E-state index >= 15 is 0 Å². The first kappa shape index (κ1) is 18.3. The number of aromatic hydroxyl groups is 1. The van der Waals surface area contributed by atoms with Crippen LogP contribution in [0.3, 0.4) is 0 Å². The van der Waals surface area contributed by atoms with Crippen LogP contribution in [0.25, 0.3) is 22.2 Å². The van der Waals surface area contributed by atoms with Crippen molar-refractivity contribution < 1.29 is 5.11 Å². The Kier molecular flexibility index (Phi) is 4.92. The topological polar surface area (TPSA) is 61.3 Å². The molecule has 0 bridgehead atoms. The molecule has 0 aliphatic heterocycles. The van der Waals surface area contributed by atoms with Gasteiger partial charge in [0.05, 0.1) is 11.3 Å². The van der Waals surface area contributed by atoms with Gasteiger partial charge in [-0.15, -0.1) is 0 Å². The largest absolute Gasteiger partial charge is 0.507 e. The number of benzene rings is 1. The highest BCUT2D eigenvalue weighted by atomic mass is 16.3. The molecule has 0 amide bonds. The van der Waals surface area contributed by atoms with E-state index in [1.807, 2.05) is 6.07 Å². The van der Waals surface area contributed by atoms with Crippen LogP contribution in [0.1, 0.15) is 30.2 Å². The number of aryl methyl sites for hydroxylation is 1. The van der Waals surface area contributed by atoms with E-state index in [0.717, 1.165) is 47.1 Å². The number of nitrogens with one attached hydrogen (secondary N) is 1. The summed E-state index contributed by atoms with van der Waals surface area (Å²) in [7, 11) is 6.18. The van der Waals surface area contributed by atoms with Crippen molar-refractivity contribution in [1.82, 2.24) is 14.5 Å². The molecule has 0 aliphatic rings. The average Bonchev–Trinajstić information content (AvgIpc) is 2.90. The number of rotatable bonds is 5. The average molecular weight is 353 g/mol. The molecule has 0 radical (unpaired) electrons. The van der Waals surface area contributed by atoms with E-state index in [4.69, 9.17) is 0 Å². The maximum atomic E-state index is 12.2. The molecule has 0 saturated carbocycles. The minimum absolute atomic E-state index is 0.118. The Labute approximate surface area is 153 Å². The minimum atomic E-state index is -0.237. The zero-order chi connectivity index (χ0) is 19.0. The van der Waals surface area contributed by atoms with E-state index in [0.29, 0.717) is 5.56 Å². The van der Waals surface area contributed by atoms with Crippen LogP contribution in [-0.4, -0.2) is 33.7 Å². The van der Waals surface area contributed by atoms with E-state index in [-0.39, 0.29) is 11.3 Å². The fourth-order valence-electron chi connectivity index (χ4n) is 3.51. The molecule has 0 fully saturated rings. The Morgan fingerprint density at radius 1 is 1.23 bits per heavy atom. The molecule has 0 saturated heterocycles. The molecule has 138 valence electrons. The van der Waals surface area contributed by atoms with E-state index in [9.17, 15) is 9.90 Å². The van der Waals surface area contributed by atoms with Crippen molar-refractivity contribution >= 4 is 10.9 Å². The lowest BCUT2D eigenvalue weighted by Gasteiger charge is -2.13. The van der Waals surface area contributed by atoms with Crippen molar-refractivity contribution in [3.8, 4) is 17.0 Å². The molecule has 5 nitrogen and oxygen atoms in total. The molecule has 0 spiro atoms. The van der Waals surface area contributed by atoms with Crippen molar-refractivity contribution in [1.29, 1.82) is 0 Å². The number of H-pyrrole nitrogens is 1. The highest BCUT2D eigenvalue weighted by Gasteiger charge is 2.16. The minimum Gasteiger partial charge on any atom is -0.507 e. The highest BCUT2D eigenvalue weighted by molar-refractivity contribution is 5.86. The standard InChI is InChI=1S/C21H27N3O2/c1-6-7-17-19(22-21(26)13(2)20(17)25)14-8-9-18-15(10-14)11-16(24(18)5)12-23(3)4/h8-11H,6-7,12H2,1-5H3,(H2,22,25,26). The number of pyridine rings is 1. The number of aromatic nitrogens is 2. The van der Waals surface area contributed by atoms with Crippen LogP contribution in [0.15, 0.2) is 29.1 Å². The molecule has 0 unspecified atom stereocenters. The summed E-state index contributed by atoms with van der Waals surface area (Å²) in [6.07, 6.45) is 1.62. The molecule has 5 heteroatoms.